The first-order valence-corrected chi connectivity index (χ1v) is 6.57. The lowest BCUT2D eigenvalue weighted by Crippen LogP contribution is -2.13. The van der Waals surface area contributed by atoms with Crippen molar-refractivity contribution >= 4 is 23.0 Å². The van der Waals surface area contributed by atoms with Crippen LogP contribution in [0, 0.1) is 24.0 Å². The summed E-state index contributed by atoms with van der Waals surface area (Å²) in [5.41, 5.74) is 3.23. The molecule has 6 heteroatoms. The fourth-order valence-electron chi connectivity index (χ4n) is 2.18. The van der Waals surface area contributed by atoms with E-state index >= 15 is 0 Å². The van der Waals surface area contributed by atoms with Gasteiger partial charge >= 0.3 is 0 Å². The van der Waals surface area contributed by atoms with Crippen LogP contribution in [0.5, 0.6) is 0 Å². The second-order valence-electron chi connectivity index (χ2n) is 4.98. The normalized spacial score (nSPS) is 10.3. The van der Waals surface area contributed by atoms with Gasteiger partial charge in [-0.25, -0.2) is 4.98 Å². The minimum Gasteiger partial charge on any atom is -0.373 e. The maximum atomic E-state index is 11.0. The maximum Gasteiger partial charge on any atom is 0.276 e. The molecule has 0 spiro atoms. The van der Waals surface area contributed by atoms with Crippen molar-refractivity contribution in [2.24, 2.45) is 0 Å². The fourth-order valence-corrected chi connectivity index (χ4v) is 2.18. The standard InChI is InChI=1S/C15H18N4O2/c1-10-5-11(2)7-12(6-10)18(4)15-9-13(19(20)21)8-14(16-3)17-15/h5-9H,1-4H3,(H,16,17). The highest BCUT2D eigenvalue weighted by Gasteiger charge is 2.14. The lowest BCUT2D eigenvalue weighted by Gasteiger charge is -2.20. The number of anilines is 3. The summed E-state index contributed by atoms with van der Waals surface area (Å²) in [5, 5.41) is 13.9. The van der Waals surface area contributed by atoms with Gasteiger partial charge in [0, 0.05) is 19.8 Å². The highest BCUT2D eigenvalue weighted by atomic mass is 16.6. The molecule has 0 bridgehead atoms. The van der Waals surface area contributed by atoms with Crippen LogP contribution in [0.1, 0.15) is 11.1 Å². The second-order valence-corrected chi connectivity index (χ2v) is 4.98. The van der Waals surface area contributed by atoms with Crippen LogP contribution < -0.4 is 10.2 Å². The van der Waals surface area contributed by atoms with Crippen LogP contribution in [0.3, 0.4) is 0 Å². The highest BCUT2D eigenvalue weighted by Crippen LogP contribution is 2.28. The zero-order valence-electron chi connectivity index (χ0n) is 12.5. The molecule has 0 saturated heterocycles. The van der Waals surface area contributed by atoms with Crippen LogP contribution in [0.15, 0.2) is 30.3 Å². The molecule has 1 N–H and O–H groups in total. The highest BCUT2D eigenvalue weighted by molar-refractivity contribution is 5.65. The summed E-state index contributed by atoms with van der Waals surface area (Å²) < 4.78 is 0. The van der Waals surface area contributed by atoms with Crippen LogP contribution in [0.25, 0.3) is 0 Å². The summed E-state index contributed by atoms with van der Waals surface area (Å²) in [5.74, 6) is 0.994. The van der Waals surface area contributed by atoms with Gasteiger partial charge in [0.1, 0.15) is 11.6 Å². The minimum absolute atomic E-state index is 0.0144. The number of nitrogens with zero attached hydrogens (tertiary/aromatic N) is 3. The summed E-state index contributed by atoms with van der Waals surface area (Å²) in [7, 11) is 3.53. The average molecular weight is 286 g/mol. The van der Waals surface area contributed by atoms with Crippen molar-refractivity contribution in [1.82, 2.24) is 4.98 Å². The Balaban J connectivity index is 2.49. The lowest BCUT2D eigenvalue weighted by molar-refractivity contribution is -0.384. The SMILES string of the molecule is CNc1cc([N+](=O)[O-])cc(N(C)c2cc(C)cc(C)c2)n1. The first-order chi connectivity index (χ1) is 9.90. The van der Waals surface area contributed by atoms with E-state index in [-0.39, 0.29) is 5.69 Å². The van der Waals surface area contributed by atoms with Crippen molar-refractivity contribution in [1.29, 1.82) is 0 Å². The number of nitrogens with one attached hydrogen (secondary N) is 1. The van der Waals surface area contributed by atoms with E-state index in [4.69, 9.17) is 0 Å². The predicted molar refractivity (Wildman–Crippen MR) is 84.4 cm³/mol. The van der Waals surface area contributed by atoms with Crippen LogP contribution in [0.4, 0.5) is 23.0 Å². The largest absolute Gasteiger partial charge is 0.373 e. The third-order valence-corrected chi connectivity index (χ3v) is 3.20. The molecule has 1 heterocycles. The Labute approximate surface area is 123 Å². The Morgan fingerprint density at radius 1 is 1.14 bits per heavy atom. The van der Waals surface area contributed by atoms with Gasteiger partial charge in [-0.15, -0.1) is 0 Å². The van der Waals surface area contributed by atoms with E-state index in [1.807, 2.05) is 37.9 Å². The molecule has 1 aromatic carbocycles. The molecular formula is C15H18N4O2. The molecule has 6 nitrogen and oxygen atoms in total. The number of rotatable bonds is 4. The molecule has 0 amide bonds. The van der Waals surface area contributed by atoms with Crippen molar-refractivity contribution in [3.05, 3.63) is 51.6 Å². The first kappa shape index (κ1) is 14.8. The van der Waals surface area contributed by atoms with Gasteiger partial charge in [-0.1, -0.05) is 6.07 Å². The Bertz CT molecular complexity index is 665. The molecule has 0 aliphatic rings. The summed E-state index contributed by atoms with van der Waals surface area (Å²) in [6.07, 6.45) is 0. The number of pyridine rings is 1. The zero-order valence-corrected chi connectivity index (χ0v) is 12.5. The number of aryl methyl sites for hydroxylation is 2. The van der Waals surface area contributed by atoms with Gasteiger partial charge in [0.2, 0.25) is 0 Å². The van der Waals surface area contributed by atoms with Gasteiger partial charge < -0.3 is 10.2 Å². The Hall–Kier alpha value is -2.63. The number of hydrogen-bond acceptors (Lipinski definition) is 5. The number of hydrogen-bond donors (Lipinski definition) is 1. The molecule has 0 saturated carbocycles. The van der Waals surface area contributed by atoms with E-state index in [1.54, 1.807) is 7.05 Å². The second kappa shape index (κ2) is 5.78. The van der Waals surface area contributed by atoms with Crippen molar-refractivity contribution in [2.75, 3.05) is 24.3 Å². The van der Waals surface area contributed by atoms with Gasteiger partial charge in [-0.2, -0.15) is 0 Å². The van der Waals surface area contributed by atoms with Crippen LogP contribution in [-0.2, 0) is 0 Å². The van der Waals surface area contributed by atoms with Gasteiger partial charge in [-0.05, 0) is 37.1 Å². The molecule has 0 aliphatic carbocycles. The van der Waals surface area contributed by atoms with Crippen molar-refractivity contribution in [3.63, 3.8) is 0 Å². The molecule has 21 heavy (non-hydrogen) atoms. The molecule has 1 aromatic heterocycles. The van der Waals surface area contributed by atoms with Crippen molar-refractivity contribution in [2.45, 2.75) is 13.8 Å². The lowest BCUT2D eigenvalue weighted by atomic mass is 10.1. The maximum absolute atomic E-state index is 11.0. The molecule has 0 radical (unpaired) electrons. The molecule has 110 valence electrons. The van der Waals surface area contributed by atoms with Gasteiger partial charge in [-0.3, -0.25) is 10.1 Å². The van der Waals surface area contributed by atoms with E-state index < -0.39 is 4.92 Å². The number of aromatic nitrogens is 1. The third kappa shape index (κ3) is 3.28. The summed E-state index contributed by atoms with van der Waals surface area (Å²) >= 11 is 0. The molecular weight excluding hydrogens is 268 g/mol. The number of benzene rings is 1. The zero-order chi connectivity index (χ0) is 15.6. The predicted octanol–water partition coefficient (Wildman–Crippen LogP) is 3.42. The minimum atomic E-state index is -0.415. The molecule has 0 fully saturated rings. The average Bonchev–Trinajstić information content (AvgIpc) is 2.44. The monoisotopic (exact) mass is 286 g/mol. The van der Waals surface area contributed by atoms with Crippen LogP contribution >= 0.6 is 0 Å². The smallest absolute Gasteiger partial charge is 0.276 e. The van der Waals surface area contributed by atoms with Crippen molar-refractivity contribution in [3.8, 4) is 0 Å². The number of nitro groups is 1. The van der Waals surface area contributed by atoms with Gasteiger partial charge in [0.15, 0.2) is 0 Å². The van der Waals surface area contributed by atoms with Gasteiger partial charge in [0.05, 0.1) is 17.1 Å². The Morgan fingerprint density at radius 2 is 1.76 bits per heavy atom. The van der Waals surface area contributed by atoms with Gasteiger partial charge in [0.25, 0.3) is 5.69 Å². The molecule has 0 aliphatic heterocycles. The molecule has 0 atom stereocenters. The third-order valence-electron chi connectivity index (χ3n) is 3.20. The molecule has 2 aromatic rings. The van der Waals surface area contributed by atoms with E-state index in [2.05, 4.69) is 16.4 Å². The van der Waals surface area contributed by atoms with E-state index in [1.165, 1.54) is 12.1 Å². The van der Waals surface area contributed by atoms with E-state index in [0.29, 0.717) is 11.6 Å². The molecule has 0 unspecified atom stereocenters. The van der Waals surface area contributed by atoms with E-state index in [9.17, 15) is 10.1 Å². The summed E-state index contributed by atoms with van der Waals surface area (Å²) in [6.45, 7) is 4.04. The Kier molecular flexibility index (Phi) is 4.07. The fraction of sp³-hybridized carbons (Fsp3) is 0.267. The van der Waals surface area contributed by atoms with Crippen LogP contribution in [0.2, 0.25) is 0 Å². The first-order valence-electron chi connectivity index (χ1n) is 6.57. The molecule has 2 rings (SSSR count). The Morgan fingerprint density at radius 3 is 2.29 bits per heavy atom. The van der Waals surface area contributed by atoms with Crippen LogP contribution in [-0.4, -0.2) is 24.0 Å². The van der Waals surface area contributed by atoms with Crippen molar-refractivity contribution < 1.29 is 4.92 Å². The quantitative estimate of drug-likeness (QED) is 0.688. The topological polar surface area (TPSA) is 71.3 Å². The van der Waals surface area contributed by atoms with E-state index in [0.717, 1.165) is 16.8 Å². The summed E-state index contributed by atoms with van der Waals surface area (Å²) in [6, 6.07) is 9.01. The summed E-state index contributed by atoms with van der Waals surface area (Å²) in [4.78, 5) is 16.8.